The summed E-state index contributed by atoms with van der Waals surface area (Å²) in [7, 11) is 0. The molecule has 1 unspecified atom stereocenters. The number of benzene rings is 1. The largest absolute Gasteiger partial charge is 0.573 e. The number of hydrogen-bond acceptors (Lipinski definition) is 3. The summed E-state index contributed by atoms with van der Waals surface area (Å²) in [5.74, 6) is 0.732. The number of amides is 3. The first-order valence-electron chi connectivity index (χ1n) is 7.14. The zero-order valence-corrected chi connectivity index (χ0v) is 15.2. The molecule has 6 nitrogen and oxygen atoms in total. The molecule has 1 fully saturated rings. The van der Waals surface area contributed by atoms with Gasteiger partial charge < -0.3 is 10.2 Å². The van der Waals surface area contributed by atoms with Crippen LogP contribution in [0.4, 0.5) is 10.6 Å². The van der Waals surface area contributed by atoms with Crippen LogP contribution < -0.4 is 15.3 Å². The van der Waals surface area contributed by atoms with E-state index < -0.39 is 6.03 Å². The van der Waals surface area contributed by atoms with Gasteiger partial charge in [0.15, 0.2) is 0 Å². The topological polar surface area (TPSA) is 76.4 Å². The van der Waals surface area contributed by atoms with Crippen molar-refractivity contribution in [2.75, 3.05) is 11.4 Å². The summed E-state index contributed by atoms with van der Waals surface area (Å²) >= 11 is 0. The molecule has 1 aromatic carbocycles. The van der Waals surface area contributed by atoms with E-state index in [-0.39, 0.29) is 32.8 Å². The van der Waals surface area contributed by atoms with E-state index in [0.717, 1.165) is 17.3 Å². The number of urea groups is 1. The van der Waals surface area contributed by atoms with Crippen molar-refractivity contribution in [1.29, 1.82) is 0 Å². The number of hydrogen-bond donors (Lipinski definition) is 1. The summed E-state index contributed by atoms with van der Waals surface area (Å²) in [6, 6.07) is 5.60. The third-order valence-corrected chi connectivity index (χ3v) is 4.01. The molecule has 0 bridgehead atoms. The van der Waals surface area contributed by atoms with Gasteiger partial charge in [0.1, 0.15) is 5.82 Å². The molecule has 1 radical (unpaired) electrons. The van der Waals surface area contributed by atoms with Crippen LogP contribution in [0.15, 0.2) is 18.2 Å². The molecule has 22 heavy (non-hydrogen) atoms. The molecule has 1 aliphatic rings. The second kappa shape index (κ2) is 6.59. The zero-order chi connectivity index (χ0) is 15.0. The van der Waals surface area contributed by atoms with E-state index in [9.17, 15) is 9.59 Å². The zero-order valence-electron chi connectivity index (χ0n) is 12.5. The average Bonchev–Trinajstić information content (AvgIpc) is 2.89. The quantitative estimate of drug-likeness (QED) is 0.745. The van der Waals surface area contributed by atoms with Crippen molar-refractivity contribution in [1.82, 2.24) is 15.5 Å². The number of carbonyl (C=O) groups excluding carboxylic acids is 2. The molecule has 3 amide bonds. The first kappa shape index (κ1) is 16.7. The Morgan fingerprint density at radius 1 is 1.41 bits per heavy atom. The fraction of sp³-hybridized carbons (Fsp3) is 0.400. The van der Waals surface area contributed by atoms with Gasteiger partial charge in [-0.05, 0) is 17.9 Å². The molecule has 3 rings (SSSR count). The number of carbonyl (C=O) groups is 2. The van der Waals surface area contributed by atoms with E-state index in [0.29, 0.717) is 18.3 Å². The fourth-order valence-electron chi connectivity index (χ4n) is 2.48. The van der Waals surface area contributed by atoms with Crippen molar-refractivity contribution in [2.45, 2.75) is 32.6 Å². The molecule has 0 saturated carbocycles. The summed E-state index contributed by atoms with van der Waals surface area (Å²) in [5.41, 5.74) is 2.00. The van der Waals surface area contributed by atoms with Crippen molar-refractivity contribution in [3.8, 4) is 0 Å². The summed E-state index contributed by atoms with van der Waals surface area (Å²) in [6.45, 7) is 4.65. The molecule has 2 aromatic rings. The molecular formula is C15H17N4O2Re-. The van der Waals surface area contributed by atoms with Crippen LogP contribution in [0.25, 0.3) is 10.9 Å². The van der Waals surface area contributed by atoms with Gasteiger partial charge in [0.25, 0.3) is 0 Å². The number of imide groups is 1. The summed E-state index contributed by atoms with van der Waals surface area (Å²) < 4.78 is 0. The van der Waals surface area contributed by atoms with Crippen molar-refractivity contribution in [3.63, 3.8) is 0 Å². The molecule has 1 aromatic heterocycles. The van der Waals surface area contributed by atoms with Crippen LogP contribution in [0.3, 0.4) is 0 Å². The van der Waals surface area contributed by atoms with Gasteiger partial charge >= 0.3 is 6.03 Å². The summed E-state index contributed by atoms with van der Waals surface area (Å²) in [5, 5.41) is 11.4. The molecular weight excluding hydrogens is 454 g/mol. The van der Waals surface area contributed by atoms with Gasteiger partial charge in [-0.3, -0.25) is 15.0 Å². The van der Waals surface area contributed by atoms with Crippen LogP contribution in [0.1, 0.15) is 38.2 Å². The fourth-order valence-corrected chi connectivity index (χ4v) is 2.48. The number of fused-ring (bicyclic) bond motifs is 1. The van der Waals surface area contributed by atoms with E-state index in [2.05, 4.69) is 35.4 Å². The van der Waals surface area contributed by atoms with Crippen LogP contribution in [-0.2, 0) is 25.2 Å². The molecule has 1 atom stereocenters. The molecule has 1 saturated heterocycles. The maximum atomic E-state index is 11.9. The number of nitrogens with zero attached hydrogens (tertiary/aromatic N) is 3. The minimum Gasteiger partial charge on any atom is -0.573 e. The van der Waals surface area contributed by atoms with Crippen molar-refractivity contribution >= 4 is 28.7 Å². The van der Waals surface area contributed by atoms with Crippen LogP contribution in [0.2, 0.25) is 0 Å². The van der Waals surface area contributed by atoms with Gasteiger partial charge in [0.05, 0.1) is 0 Å². The Balaban J connectivity index is 0.00000176. The van der Waals surface area contributed by atoms with Gasteiger partial charge in [0, 0.05) is 38.8 Å². The second-order valence-electron chi connectivity index (χ2n) is 5.36. The third kappa shape index (κ3) is 2.92. The average molecular weight is 472 g/mol. The number of aromatic nitrogens is 2. The number of nitrogens with one attached hydrogen (secondary N) is 1. The van der Waals surface area contributed by atoms with Crippen LogP contribution >= 0.6 is 0 Å². The monoisotopic (exact) mass is 472 g/mol. The normalized spacial score (nSPS) is 16.4. The minimum absolute atomic E-state index is 0. The van der Waals surface area contributed by atoms with Crippen LogP contribution in [0.5, 0.6) is 0 Å². The Labute approximate surface area is 142 Å². The Morgan fingerprint density at radius 3 is 2.86 bits per heavy atom. The predicted octanol–water partition coefficient (Wildman–Crippen LogP) is 2.15. The van der Waals surface area contributed by atoms with E-state index in [1.54, 1.807) is 0 Å². The Bertz CT molecular complexity index is 713. The molecule has 1 N–H and O–H groups in total. The third-order valence-electron chi connectivity index (χ3n) is 4.01. The molecule has 0 spiro atoms. The summed E-state index contributed by atoms with van der Waals surface area (Å²) in [6.07, 6.45) is 1.34. The Hall–Kier alpha value is -1.71. The molecule has 1 aliphatic heterocycles. The van der Waals surface area contributed by atoms with Gasteiger partial charge in [0.2, 0.25) is 5.91 Å². The maximum Gasteiger partial charge on any atom is 0.329 e. The number of rotatable bonds is 3. The molecule has 117 valence electrons. The van der Waals surface area contributed by atoms with Gasteiger partial charge in [-0.2, -0.15) is 0 Å². The van der Waals surface area contributed by atoms with E-state index >= 15 is 0 Å². The van der Waals surface area contributed by atoms with E-state index in [1.807, 2.05) is 12.1 Å². The number of anilines is 1. The van der Waals surface area contributed by atoms with Gasteiger partial charge in [-0.1, -0.05) is 32.0 Å². The minimum atomic E-state index is -0.431. The van der Waals surface area contributed by atoms with Gasteiger partial charge in [-0.15, -0.1) is 5.52 Å². The van der Waals surface area contributed by atoms with E-state index in [4.69, 9.17) is 0 Å². The SMILES string of the molecule is CCC(C)c1ccc2c(N3CCC(=O)NC3=O)n[n-]c2c1.[Re]. The van der Waals surface area contributed by atoms with Gasteiger partial charge in [-0.25, -0.2) is 4.79 Å². The van der Waals surface area contributed by atoms with E-state index in [1.165, 1.54) is 10.5 Å². The standard InChI is InChI=1S/C15H18N4O2.Re/c1-3-9(2)10-4-5-11-12(8-10)17-18-14(11)19-7-6-13(20)16-15(19)21;/h4-5,8-9H,3,6-7H2,1-2H3,(H2,16,17,18,20,21);/p-1. The smallest absolute Gasteiger partial charge is 0.329 e. The van der Waals surface area contributed by atoms with Crippen LogP contribution in [0, 0.1) is 0 Å². The Morgan fingerprint density at radius 2 is 2.18 bits per heavy atom. The molecule has 7 heteroatoms. The molecule has 0 aliphatic carbocycles. The van der Waals surface area contributed by atoms with Crippen LogP contribution in [-0.4, -0.2) is 23.6 Å². The van der Waals surface area contributed by atoms with Crippen molar-refractivity contribution < 1.29 is 30.0 Å². The molecule has 2 heterocycles. The second-order valence-corrected chi connectivity index (χ2v) is 5.36. The van der Waals surface area contributed by atoms with Crippen molar-refractivity contribution in [2.24, 2.45) is 0 Å². The maximum absolute atomic E-state index is 11.9. The predicted molar refractivity (Wildman–Crippen MR) is 79.3 cm³/mol. The van der Waals surface area contributed by atoms with Crippen molar-refractivity contribution in [3.05, 3.63) is 23.8 Å². The first-order valence-corrected chi connectivity index (χ1v) is 7.14. The Kier molecular flexibility index (Phi) is 4.99. The first-order chi connectivity index (χ1) is 10.1. The summed E-state index contributed by atoms with van der Waals surface area (Å²) in [4.78, 5) is 24.6.